The lowest BCUT2D eigenvalue weighted by molar-refractivity contribution is -0.128. The van der Waals surface area contributed by atoms with E-state index in [0.29, 0.717) is 30.8 Å². The summed E-state index contributed by atoms with van der Waals surface area (Å²) in [6.45, 7) is 0.768. The van der Waals surface area contributed by atoms with Gasteiger partial charge in [0.25, 0.3) is 5.91 Å². The zero-order chi connectivity index (χ0) is 25.1. The summed E-state index contributed by atoms with van der Waals surface area (Å²) < 4.78 is 13.7. The maximum Gasteiger partial charge on any atom is 0.253 e. The number of carbonyl (C=O) groups excluding carboxylic acids is 3. The fraction of sp³-hybridized carbons (Fsp3) is 0.393. The van der Waals surface area contributed by atoms with Crippen molar-refractivity contribution in [3.8, 4) is 0 Å². The summed E-state index contributed by atoms with van der Waals surface area (Å²) in [6.07, 6.45) is 7.93. The number of aromatic nitrogens is 1. The van der Waals surface area contributed by atoms with E-state index in [9.17, 15) is 18.8 Å². The number of hydrogen-bond donors (Lipinski definition) is 3. The number of amides is 3. The third-order valence-corrected chi connectivity index (χ3v) is 7.34. The van der Waals surface area contributed by atoms with Gasteiger partial charge in [-0.3, -0.25) is 14.4 Å². The summed E-state index contributed by atoms with van der Waals surface area (Å²) in [6, 6.07) is 11.8. The molecule has 1 atom stereocenters. The molecule has 1 saturated heterocycles. The number of rotatable bonds is 7. The lowest BCUT2D eigenvalue weighted by Crippen LogP contribution is -2.36. The molecule has 0 unspecified atom stereocenters. The number of para-hydroxylation sites is 1. The first-order chi connectivity index (χ1) is 17.5. The van der Waals surface area contributed by atoms with Crippen molar-refractivity contribution in [2.45, 2.75) is 51.0 Å². The number of likely N-dealkylation sites (tertiary alicyclic amines) is 1. The van der Waals surface area contributed by atoms with Crippen molar-refractivity contribution in [1.29, 1.82) is 0 Å². The van der Waals surface area contributed by atoms with Crippen LogP contribution in [0.5, 0.6) is 0 Å². The molecule has 3 amide bonds. The topological polar surface area (TPSA) is 94.3 Å². The van der Waals surface area contributed by atoms with Crippen molar-refractivity contribution in [3.63, 3.8) is 0 Å². The van der Waals surface area contributed by atoms with E-state index in [-0.39, 0.29) is 36.0 Å². The Kier molecular flexibility index (Phi) is 7.02. The monoisotopic (exact) mass is 490 g/mol. The number of carbonyl (C=O) groups is 3. The largest absolute Gasteiger partial charge is 0.361 e. The lowest BCUT2D eigenvalue weighted by Gasteiger charge is -2.23. The van der Waals surface area contributed by atoms with Crippen LogP contribution in [-0.2, 0) is 16.0 Å². The molecule has 3 N–H and O–H groups in total. The average Bonchev–Trinajstić information content (AvgIpc) is 3.46. The molecule has 0 radical (unpaired) electrons. The first-order valence-corrected chi connectivity index (χ1v) is 12.7. The summed E-state index contributed by atoms with van der Waals surface area (Å²) in [5.41, 5.74) is 2.68. The van der Waals surface area contributed by atoms with Gasteiger partial charge in [-0.05, 0) is 55.2 Å². The van der Waals surface area contributed by atoms with E-state index in [2.05, 4.69) is 15.6 Å². The van der Waals surface area contributed by atoms with E-state index < -0.39 is 5.92 Å². The standard InChI is InChI=1S/C28H31FN4O3/c29-20-10-11-24-23(15-20)18(16-30-24)12-13-33-17-19(14-26(33)34)27(35)32-25-9-5-4-8-22(25)28(36)31-21-6-2-1-3-7-21/h4-5,8-11,15-16,19,21,30H,1-3,6-7,12-14,17H2,(H,31,36)(H,32,35)/t19-/m1/s1. The van der Waals surface area contributed by atoms with Crippen LogP contribution in [0.4, 0.5) is 10.1 Å². The molecule has 1 aliphatic carbocycles. The molecular formula is C28H31FN4O3. The van der Waals surface area contributed by atoms with Gasteiger partial charge >= 0.3 is 0 Å². The van der Waals surface area contributed by atoms with Gasteiger partial charge < -0.3 is 20.5 Å². The molecule has 8 heteroatoms. The Bertz CT molecular complexity index is 1280. The van der Waals surface area contributed by atoms with Crippen LogP contribution < -0.4 is 10.6 Å². The molecule has 2 aliphatic rings. The number of benzene rings is 2. The molecule has 188 valence electrons. The van der Waals surface area contributed by atoms with Crippen LogP contribution in [0.3, 0.4) is 0 Å². The summed E-state index contributed by atoms with van der Waals surface area (Å²) in [5, 5.41) is 6.79. The number of nitrogens with one attached hydrogen (secondary N) is 3. The summed E-state index contributed by atoms with van der Waals surface area (Å²) in [5.74, 6) is -1.32. The molecule has 2 aromatic carbocycles. The third-order valence-electron chi connectivity index (χ3n) is 7.34. The number of nitrogens with zero attached hydrogens (tertiary/aromatic N) is 1. The van der Waals surface area contributed by atoms with E-state index in [0.717, 1.165) is 42.1 Å². The minimum atomic E-state index is -0.493. The Morgan fingerprint density at radius 2 is 1.89 bits per heavy atom. The highest BCUT2D eigenvalue weighted by Crippen LogP contribution is 2.25. The van der Waals surface area contributed by atoms with E-state index in [1.165, 1.54) is 18.6 Å². The molecule has 2 fully saturated rings. The van der Waals surface area contributed by atoms with E-state index in [1.807, 2.05) is 6.20 Å². The van der Waals surface area contributed by atoms with Crippen molar-refractivity contribution in [2.24, 2.45) is 5.92 Å². The molecule has 1 aliphatic heterocycles. The Morgan fingerprint density at radius 1 is 1.08 bits per heavy atom. The van der Waals surface area contributed by atoms with Crippen LogP contribution in [0.15, 0.2) is 48.7 Å². The minimum Gasteiger partial charge on any atom is -0.361 e. The minimum absolute atomic E-state index is 0.0792. The highest BCUT2D eigenvalue weighted by molar-refractivity contribution is 6.05. The molecule has 5 rings (SSSR count). The van der Waals surface area contributed by atoms with Gasteiger partial charge in [-0.25, -0.2) is 4.39 Å². The Hall–Kier alpha value is -3.68. The quantitative estimate of drug-likeness (QED) is 0.458. The third kappa shape index (κ3) is 5.27. The summed E-state index contributed by atoms with van der Waals surface area (Å²) in [7, 11) is 0. The molecule has 3 aromatic rings. The van der Waals surface area contributed by atoms with Crippen LogP contribution >= 0.6 is 0 Å². The lowest BCUT2D eigenvalue weighted by atomic mass is 9.95. The van der Waals surface area contributed by atoms with Crippen LogP contribution in [0.2, 0.25) is 0 Å². The first kappa shape index (κ1) is 24.0. The van der Waals surface area contributed by atoms with Gasteiger partial charge in [0.05, 0.1) is 17.2 Å². The molecule has 36 heavy (non-hydrogen) atoms. The van der Waals surface area contributed by atoms with Crippen LogP contribution in [0.25, 0.3) is 10.9 Å². The maximum atomic E-state index is 13.7. The Balaban J connectivity index is 1.19. The molecule has 7 nitrogen and oxygen atoms in total. The Morgan fingerprint density at radius 3 is 2.72 bits per heavy atom. The number of aromatic amines is 1. The molecule has 1 saturated carbocycles. The zero-order valence-electron chi connectivity index (χ0n) is 20.2. The van der Waals surface area contributed by atoms with Crippen molar-refractivity contribution < 1.29 is 18.8 Å². The smallest absolute Gasteiger partial charge is 0.253 e. The fourth-order valence-electron chi connectivity index (χ4n) is 5.31. The van der Waals surface area contributed by atoms with Gasteiger partial charge in [0, 0.05) is 42.7 Å². The fourth-order valence-corrected chi connectivity index (χ4v) is 5.31. The molecule has 1 aromatic heterocycles. The van der Waals surface area contributed by atoms with Gasteiger partial charge in [0.1, 0.15) is 5.82 Å². The van der Waals surface area contributed by atoms with E-state index >= 15 is 0 Å². The van der Waals surface area contributed by atoms with Crippen LogP contribution in [-0.4, -0.2) is 46.7 Å². The molecule has 2 heterocycles. The Labute approximate surface area is 209 Å². The van der Waals surface area contributed by atoms with E-state index in [4.69, 9.17) is 0 Å². The second-order valence-electron chi connectivity index (χ2n) is 9.84. The molecule has 0 spiro atoms. The second-order valence-corrected chi connectivity index (χ2v) is 9.84. The van der Waals surface area contributed by atoms with Gasteiger partial charge in [-0.15, -0.1) is 0 Å². The highest BCUT2D eigenvalue weighted by Gasteiger charge is 2.34. The summed E-state index contributed by atoms with van der Waals surface area (Å²) >= 11 is 0. The molecule has 0 bridgehead atoms. The van der Waals surface area contributed by atoms with Crippen molar-refractivity contribution in [3.05, 3.63) is 65.6 Å². The van der Waals surface area contributed by atoms with E-state index in [1.54, 1.807) is 35.2 Å². The van der Waals surface area contributed by atoms with Crippen molar-refractivity contribution in [1.82, 2.24) is 15.2 Å². The number of fused-ring (bicyclic) bond motifs is 1. The van der Waals surface area contributed by atoms with Crippen LogP contribution in [0.1, 0.15) is 54.4 Å². The normalized spacial score (nSPS) is 18.5. The van der Waals surface area contributed by atoms with Crippen molar-refractivity contribution in [2.75, 3.05) is 18.4 Å². The van der Waals surface area contributed by atoms with Crippen molar-refractivity contribution >= 4 is 34.3 Å². The number of anilines is 1. The second kappa shape index (κ2) is 10.5. The van der Waals surface area contributed by atoms with Gasteiger partial charge in [0.2, 0.25) is 11.8 Å². The average molecular weight is 491 g/mol. The zero-order valence-corrected chi connectivity index (χ0v) is 20.2. The maximum absolute atomic E-state index is 13.7. The van der Waals surface area contributed by atoms with Gasteiger partial charge in [-0.2, -0.15) is 0 Å². The van der Waals surface area contributed by atoms with Gasteiger partial charge in [-0.1, -0.05) is 31.4 Å². The number of H-pyrrole nitrogens is 1. The number of halogens is 1. The highest BCUT2D eigenvalue weighted by atomic mass is 19.1. The summed E-state index contributed by atoms with van der Waals surface area (Å²) in [4.78, 5) is 43.4. The molecular weight excluding hydrogens is 459 g/mol. The van der Waals surface area contributed by atoms with Gasteiger partial charge in [0.15, 0.2) is 0 Å². The first-order valence-electron chi connectivity index (χ1n) is 12.7. The predicted molar refractivity (Wildman–Crippen MR) is 136 cm³/mol. The predicted octanol–water partition coefficient (Wildman–Crippen LogP) is 4.40. The van der Waals surface area contributed by atoms with Crippen LogP contribution in [0, 0.1) is 11.7 Å². The number of hydrogen-bond acceptors (Lipinski definition) is 3. The SMILES string of the molecule is O=C(NC1CCCCC1)c1ccccc1NC(=O)[C@@H]1CC(=O)N(CCc2c[nH]c3ccc(F)cc23)C1.